The van der Waals surface area contributed by atoms with Crippen molar-refractivity contribution in [2.24, 2.45) is 5.92 Å². The lowest BCUT2D eigenvalue weighted by Crippen LogP contribution is -2.36. The largest absolute Gasteiger partial charge is 0.481 e. The molecule has 0 fully saturated rings. The summed E-state index contributed by atoms with van der Waals surface area (Å²) < 4.78 is 1.49. The van der Waals surface area contributed by atoms with E-state index >= 15 is 0 Å². The van der Waals surface area contributed by atoms with Gasteiger partial charge < -0.3 is 10.4 Å². The Morgan fingerprint density at radius 2 is 2.18 bits per heavy atom. The van der Waals surface area contributed by atoms with Gasteiger partial charge in [-0.1, -0.05) is 29.8 Å². The summed E-state index contributed by atoms with van der Waals surface area (Å²) in [4.78, 5) is 23.1. The highest BCUT2D eigenvalue weighted by Gasteiger charge is 2.19. The highest BCUT2D eigenvalue weighted by molar-refractivity contribution is 5.77. The molecule has 0 aliphatic carbocycles. The molecule has 0 aliphatic heterocycles. The minimum atomic E-state index is -0.916. The van der Waals surface area contributed by atoms with Crippen LogP contribution >= 0.6 is 0 Å². The molecule has 22 heavy (non-hydrogen) atoms. The van der Waals surface area contributed by atoms with Gasteiger partial charge in [0, 0.05) is 18.9 Å². The van der Waals surface area contributed by atoms with Crippen LogP contribution in [-0.2, 0) is 22.6 Å². The summed E-state index contributed by atoms with van der Waals surface area (Å²) in [5.41, 5.74) is 2.04. The van der Waals surface area contributed by atoms with Gasteiger partial charge in [-0.25, -0.2) is 0 Å². The number of carbonyl (C=O) groups excluding carboxylic acids is 1. The first-order valence-electron chi connectivity index (χ1n) is 7.07. The van der Waals surface area contributed by atoms with E-state index < -0.39 is 11.9 Å². The van der Waals surface area contributed by atoms with Crippen LogP contribution < -0.4 is 5.32 Å². The number of carboxylic acids is 1. The first-order valence-corrected chi connectivity index (χ1v) is 7.07. The average molecular weight is 301 g/mol. The second kappa shape index (κ2) is 7.40. The fraction of sp³-hybridized carbons (Fsp3) is 0.312. The molecule has 2 N–H and O–H groups in total. The summed E-state index contributed by atoms with van der Waals surface area (Å²) in [6.07, 6.45) is 3.66. The van der Waals surface area contributed by atoms with Gasteiger partial charge in [-0.3, -0.25) is 14.3 Å². The highest BCUT2D eigenvalue weighted by Crippen LogP contribution is 2.11. The maximum absolute atomic E-state index is 11.8. The summed E-state index contributed by atoms with van der Waals surface area (Å²) in [5.74, 6) is -1.82. The molecule has 1 aromatic carbocycles. The van der Waals surface area contributed by atoms with E-state index in [4.69, 9.17) is 0 Å². The predicted molar refractivity (Wildman–Crippen MR) is 81.2 cm³/mol. The molecule has 0 spiro atoms. The number of hydrogen-bond acceptors (Lipinski definition) is 3. The molecular formula is C16H19N3O3. The predicted octanol–water partition coefficient (Wildman–Crippen LogP) is 1.25. The van der Waals surface area contributed by atoms with Gasteiger partial charge in [0.15, 0.2) is 0 Å². The van der Waals surface area contributed by atoms with Gasteiger partial charge in [0.25, 0.3) is 0 Å². The van der Waals surface area contributed by atoms with Crippen molar-refractivity contribution in [1.29, 1.82) is 0 Å². The summed E-state index contributed by atoms with van der Waals surface area (Å²) in [6, 6.07) is 9.45. The molecule has 6 nitrogen and oxygen atoms in total. The second-order valence-electron chi connectivity index (χ2n) is 5.24. The molecule has 0 saturated carbocycles. The molecule has 116 valence electrons. The number of aliphatic carboxylic acids is 1. The van der Waals surface area contributed by atoms with E-state index in [1.165, 1.54) is 4.68 Å². The quantitative estimate of drug-likeness (QED) is 0.806. The molecule has 1 atom stereocenters. The fourth-order valence-corrected chi connectivity index (χ4v) is 2.20. The van der Waals surface area contributed by atoms with Crippen molar-refractivity contribution in [1.82, 2.24) is 15.1 Å². The standard InChI is InChI=1S/C16H19N3O3/c1-12-4-2-5-13(8-12)9-14(16(21)22)10-17-15(20)11-19-7-3-6-18-19/h2-8,14H,9-11H2,1H3,(H,17,20)(H,21,22)/t14-/m0/s1. The van der Waals surface area contributed by atoms with E-state index in [-0.39, 0.29) is 19.0 Å². The minimum Gasteiger partial charge on any atom is -0.481 e. The maximum atomic E-state index is 11.8. The number of aromatic nitrogens is 2. The number of aryl methyl sites for hydroxylation is 1. The lowest BCUT2D eigenvalue weighted by molar-refractivity contribution is -0.141. The van der Waals surface area contributed by atoms with Gasteiger partial charge in [-0.05, 0) is 25.0 Å². The van der Waals surface area contributed by atoms with Crippen LogP contribution in [0.2, 0.25) is 0 Å². The van der Waals surface area contributed by atoms with Crippen LogP contribution in [-0.4, -0.2) is 33.3 Å². The molecular weight excluding hydrogens is 282 g/mol. The van der Waals surface area contributed by atoms with Gasteiger partial charge >= 0.3 is 5.97 Å². The molecule has 2 rings (SSSR count). The monoisotopic (exact) mass is 301 g/mol. The molecule has 1 amide bonds. The Kier molecular flexibility index (Phi) is 5.30. The van der Waals surface area contributed by atoms with E-state index in [1.54, 1.807) is 18.5 Å². The van der Waals surface area contributed by atoms with Gasteiger partial charge in [-0.15, -0.1) is 0 Å². The van der Waals surface area contributed by atoms with Gasteiger partial charge in [0.1, 0.15) is 6.54 Å². The summed E-state index contributed by atoms with van der Waals surface area (Å²) >= 11 is 0. The van der Waals surface area contributed by atoms with Crippen LogP contribution in [0.3, 0.4) is 0 Å². The van der Waals surface area contributed by atoms with Crippen LogP contribution in [0.4, 0.5) is 0 Å². The van der Waals surface area contributed by atoms with Crippen molar-refractivity contribution in [3.8, 4) is 0 Å². The highest BCUT2D eigenvalue weighted by atomic mass is 16.4. The number of rotatable bonds is 7. The molecule has 1 aromatic heterocycles. The second-order valence-corrected chi connectivity index (χ2v) is 5.24. The Hall–Kier alpha value is -2.63. The Morgan fingerprint density at radius 1 is 1.36 bits per heavy atom. The van der Waals surface area contributed by atoms with Crippen LogP contribution in [0.5, 0.6) is 0 Å². The lowest BCUT2D eigenvalue weighted by atomic mass is 9.98. The number of hydrogen-bond donors (Lipinski definition) is 2. The van der Waals surface area contributed by atoms with Crippen molar-refractivity contribution < 1.29 is 14.7 Å². The normalized spacial score (nSPS) is 11.9. The summed E-state index contributed by atoms with van der Waals surface area (Å²) in [5, 5.41) is 15.9. The zero-order valence-electron chi connectivity index (χ0n) is 12.4. The summed E-state index contributed by atoms with van der Waals surface area (Å²) in [6.45, 7) is 2.15. The lowest BCUT2D eigenvalue weighted by Gasteiger charge is -2.14. The van der Waals surface area contributed by atoms with Crippen LogP contribution in [0, 0.1) is 12.8 Å². The first-order chi connectivity index (χ1) is 10.5. The van der Waals surface area contributed by atoms with Crippen LogP contribution in [0.15, 0.2) is 42.7 Å². The third-order valence-corrected chi connectivity index (χ3v) is 3.32. The number of nitrogens with zero attached hydrogens (tertiary/aromatic N) is 2. The molecule has 0 unspecified atom stereocenters. The molecule has 0 radical (unpaired) electrons. The topological polar surface area (TPSA) is 84.2 Å². The Bertz CT molecular complexity index is 638. The Morgan fingerprint density at radius 3 is 2.82 bits per heavy atom. The van der Waals surface area contributed by atoms with E-state index in [2.05, 4.69) is 10.4 Å². The van der Waals surface area contributed by atoms with Crippen LogP contribution in [0.25, 0.3) is 0 Å². The van der Waals surface area contributed by atoms with Crippen LogP contribution in [0.1, 0.15) is 11.1 Å². The molecule has 1 heterocycles. The first kappa shape index (κ1) is 15.8. The smallest absolute Gasteiger partial charge is 0.308 e. The fourth-order valence-electron chi connectivity index (χ4n) is 2.20. The number of carbonyl (C=O) groups is 2. The van der Waals surface area contributed by atoms with Crippen molar-refractivity contribution in [2.45, 2.75) is 19.9 Å². The molecule has 2 aromatic rings. The Balaban J connectivity index is 1.89. The SMILES string of the molecule is Cc1cccc(C[C@@H](CNC(=O)Cn2cccn2)C(=O)O)c1. The third-order valence-electron chi connectivity index (χ3n) is 3.32. The minimum absolute atomic E-state index is 0.0871. The maximum Gasteiger partial charge on any atom is 0.308 e. The van der Waals surface area contributed by atoms with E-state index in [0.717, 1.165) is 11.1 Å². The number of carboxylic acid groups (broad SMARTS) is 1. The molecule has 0 aliphatic rings. The summed E-state index contributed by atoms with van der Waals surface area (Å²) in [7, 11) is 0. The third kappa shape index (κ3) is 4.73. The van der Waals surface area contributed by atoms with Gasteiger partial charge in [0.05, 0.1) is 5.92 Å². The zero-order valence-corrected chi connectivity index (χ0v) is 12.4. The van der Waals surface area contributed by atoms with Gasteiger partial charge in [-0.2, -0.15) is 5.10 Å². The van der Waals surface area contributed by atoms with Crippen molar-refractivity contribution >= 4 is 11.9 Å². The Labute approximate surface area is 128 Å². The van der Waals surface area contributed by atoms with Crippen molar-refractivity contribution in [3.05, 3.63) is 53.9 Å². The molecule has 0 bridgehead atoms. The number of amides is 1. The molecule has 6 heteroatoms. The van der Waals surface area contributed by atoms with E-state index in [1.807, 2.05) is 31.2 Å². The van der Waals surface area contributed by atoms with Crippen molar-refractivity contribution in [3.63, 3.8) is 0 Å². The number of nitrogens with one attached hydrogen (secondary N) is 1. The zero-order chi connectivity index (χ0) is 15.9. The average Bonchev–Trinajstić information content (AvgIpc) is 2.96. The van der Waals surface area contributed by atoms with E-state index in [0.29, 0.717) is 6.42 Å². The molecule has 0 saturated heterocycles. The number of benzene rings is 1. The van der Waals surface area contributed by atoms with Gasteiger partial charge in [0.2, 0.25) is 5.91 Å². The van der Waals surface area contributed by atoms with E-state index in [9.17, 15) is 14.7 Å². The van der Waals surface area contributed by atoms with Crippen molar-refractivity contribution in [2.75, 3.05) is 6.54 Å².